The molecule has 0 spiro atoms. The fourth-order valence-electron chi connectivity index (χ4n) is 4.72. The molecule has 0 radical (unpaired) electrons. The molecule has 28 heavy (non-hydrogen) atoms. The average Bonchev–Trinajstić information content (AvgIpc) is 2.94. The molecule has 1 fully saturated rings. The van der Waals surface area contributed by atoms with Crippen molar-refractivity contribution in [2.24, 2.45) is 11.8 Å². The van der Waals surface area contributed by atoms with Crippen LogP contribution >= 0.6 is 7.14 Å². The molecule has 1 aliphatic heterocycles. The van der Waals surface area contributed by atoms with Crippen LogP contribution in [0.4, 0.5) is 5.69 Å². The lowest BCUT2D eigenvalue weighted by Gasteiger charge is -2.36. The highest BCUT2D eigenvalue weighted by atomic mass is 31.2. The van der Waals surface area contributed by atoms with Crippen molar-refractivity contribution in [1.82, 2.24) is 0 Å². The van der Waals surface area contributed by atoms with Crippen molar-refractivity contribution in [2.75, 3.05) is 11.6 Å². The minimum Gasteiger partial charge on any atom is -0.318 e. The van der Waals surface area contributed by atoms with E-state index in [1.165, 1.54) is 4.90 Å². The zero-order chi connectivity index (χ0) is 20.1. The summed E-state index contributed by atoms with van der Waals surface area (Å²) in [6.45, 7) is 5.72. The van der Waals surface area contributed by atoms with E-state index in [0.717, 1.165) is 16.5 Å². The number of amides is 2. The number of carbonyl (C=O) groups excluding carboxylic acids is 2. The number of fused-ring (bicyclic) bond motifs is 1. The lowest BCUT2D eigenvalue weighted by atomic mass is 9.77. The molecule has 1 saturated heterocycles. The van der Waals surface area contributed by atoms with E-state index in [2.05, 4.69) is 0 Å². The van der Waals surface area contributed by atoms with Crippen molar-refractivity contribution in [2.45, 2.75) is 25.9 Å². The lowest BCUT2D eigenvalue weighted by molar-refractivity contribution is -0.122. The Morgan fingerprint density at radius 1 is 0.893 bits per heavy atom. The average molecular weight is 393 g/mol. The zero-order valence-corrected chi connectivity index (χ0v) is 17.2. The van der Waals surface area contributed by atoms with Crippen LogP contribution in [-0.2, 0) is 14.2 Å². The first kappa shape index (κ1) is 18.9. The Morgan fingerprint density at radius 3 is 2.07 bits per heavy atom. The molecule has 4 rings (SSSR count). The van der Waals surface area contributed by atoms with Crippen LogP contribution < -0.4 is 10.2 Å². The van der Waals surface area contributed by atoms with Gasteiger partial charge in [-0.1, -0.05) is 59.7 Å². The molecule has 4 atom stereocenters. The summed E-state index contributed by atoms with van der Waals surface area (Å²) in [6, 6.07) is 18.4. The Labute approximate surface area is 165 Å². The largest absolute Gasteiger partial charge is 0.318 e. The van der Waals surface area contributed by atoms with Crippen molar-refractivity contribution >= 4 is 29.9 Å². The number of benzene rings is 2. The number of rotatable bonds is 3. The van der Waals surface area contributed by atoms with Crippen molar-refractivity contribution in [3.05, 3.63) is 71.8 Å². The fraction of sp³-hybridized carbons (Fsp3) is 0.304. The first-order chi connectivity index (χ1) is 13.3. The predicted octanol–water partition coefficient (Wildman–Crippen LogP) is 4.22. The zero-order valence-electron chi connectivity index (χ0n) is 16.3. The molecule has 0 aromatic heterocycles. The van der Waals surface area contributed by atoms with Crippen molar-refractivity contribution < 1.29 is 14.2 Å². The van der Waals surface area contributed by atoms with Gasteiger partial charge in [0.1, 0.15) is 7.14 Å². The summed E-state index contributed by atoms with van der Waals surface area (Å²) in [6.07, 6.45) is 0.551. The number of nitrogens with zero attached hydrogens (tertiary/aromatic N) is 1. The number of hydrogen-bond acceptors (Lipinski definition) is 3. The molecule has 2 aromatic carbocycles. The summed E-state index contributed by atoms with van der Waals surface area (Å²) in [5, 5.41) is 0.756. The van der Waals surface area contributed by atoms with Crippen molar-refractivity contribution in [3.8, 4) is 0 Å². The molecule has 1 heterocycles. The van der Waals surface area contributed by atoms with Gasteiger partial charge in [-0.05, 0) is 39.1 Å². The predicted molar refractivity (Wildman–Crippen MR) is 112 cm³/mol. The van der Waals surface area contributed by atoms with E-state index in [1.807, 2.05) is 62.4 Å². The van der Waals surface area contributed by atoms with E-state index >= 15 is 0 Å². The lowest BCUT2D eigenvalue weighted by Crippen LogP contribution is -2.38. The van der Waals surface area contributed by atoms with Crippen LogP contribution in [0.1, 0.15) is 20.3 Å². The maximum Gasteiger partial charge on any atom is 0.238 e. The Morgan fingerprint density at radius 2 is 1.46 bits per heavy atom. The van der Waals surface area contributed by atoms with Gasteiger partial charge in [0, 0.05) is 11.0 Å². The second kappa shape index (κ2) is 6.86. The maximum atomic E-state index is 14.0. The monoisotopic (exact) mass is 393 g/mol. The molecule has 2 aliphatic rings. The van der Waals surface area contributed by atoms with Crippen molar-refractivity contribution in [3.63, 3.8) is 0 Å². The number of imide groups is 1. The number of allylic oxidation sites excluding steroid dienone is 2. The van der Waals surface area contributed by atoms with E-state index in [1.54, 1.807) is 18.8 Å². The number of anilines is 1. The van der Waals surface area contributed by atoms with Gasteiger partial charge in [-0.3, -0.25) is 14.5 Å². The molecular formula is C23H24NO3P. The Bertz CT molecular complexity index is 1010. The molecule has 0 bridgehead atoms. The normalized spacial score (nSPS) is 27.0. The molecule has 4 nitrogen and oxygen atoms in total. The van der Waals surface area contributed by atoms with Crippen LogP contribution in [0, 0.1) is 11.8 Å². The molecule has 5 heteroatoms. The van der Waals surface area contributed by atoms with Gasteiger partial charge in [-0.15, -0.1) is 0 Å². The highest BCUT2D eigenvalue weighted by Gasteiger charge is 2.57. The summed E-state index contributed by atoms with van der Waals surface area (Å²) in [7, 11) is -2.92. The minimum absolute atomic E-state index is 0.175. The van der Waals surface area contributed by atoms with Gasteiger partial charge in [-0.2, -0.15) is 0 Å². The second-order valence-corrected chi connectivity index (χ2v) is 11.0. The molecule has 2 amide bonds. The second-order valence-electron chi connectivity index (χ2n) is 7.92. The SMILES string of the molecule is CC1=C(C)[C@H](P(C)(=O)c2ccccc2)C2C(=O)N(c3ccccc3)C(=O)C2C1. The third-order valence-corrected chi connectivity index (χ3v) is 9.37. The maximum absolute atomic E-state index is 14.0. The number of hydrogen-bond donors (Lipinski definition) is 0. The fourth-order valence-corrected chi connectivity index (χ4v) is 7.72. The first-order valence-electron chi connectivity index (χ1n) is 9.56. The van der Waals surface area contributed by atoms with Crippen LogP contribution in [0.5, 0.6) is 0 Å². The van der Waals surface area contributed by atoms with Crippen molar-refractivity contribution in [1.29, 1.82) is 0 Å². The highest BCUT2D eigenvalue weighted by molar-refractivity contribution is 7.71. The Kier molecular flexibility index (Phi) is 4.63. The van der Waals surface area contributed by atoms with Crippen LogP contribution in [0.15, 0.2) is 71.8 Å². The van der Waals surface area contributed by atoms with Gasteiger partial charge in [0.15, 0.2) is 0 Å². The van der Waals surface area contributed by atoms with Gasteiger partial charge in [0.25, 0.3) is 0 Å². The quantitative estimate of drug-likeness (QED) is 0.446. The Hall–Kier alpha value is -2.45. The molecule has 1 aliphatic carbocycles. The molecular weight excluding hydrogens is 369 g/mol. The van der Waals surface area contributed by atoms with Gasteiger partial charge in [-0.25, -0.2) is 0 Å². The van der Waals surface area contributed by atoms with Crippen LogP contribution in [0.3, 0.4) is 0 Å². The van der Waals surface area contributed by atoms with E-state index < -0.39 is 24.6 Å². The Balaban J connectivity index is 1.83. The summed E-state index contributed by atoms with van der Waals surface area (Å²) in [4.78, 5) is 28.0. The van der Waals surface area contributed by atoms with Gasteiger partial charge in [0.2, 0.25) is 11.8 Å². The van der Waals surface area contributed by atoms with Gasteiger partial charge >= 0.3 is 0 Å². The van der Waals surface area contributed by atoms with Gasteiger partial charge in [0.05, 0.1) is 17.5 Å². The minimum atomic E-state index is -2.92. The third kappa shape index (κ3) is 2.79. The van der Waals surface area contributed by atoms with E-state index in [-0.39, 0.29) is 11.8 Å². The topological polar surface area (TPSA) is 54.5 Å². The molecule has 144 valence electrons. The van der Waals surface area contributed by atoms with Crippen LogP contribution in [0.2, 0.25) is 0 Å². The van der Waals surface area contributed by atoms with E-state index in [9.17, 15) is 14.2 Å². The van der Waals surface area contributed by atoms with Crippen LogP contribution in [-0.4, -0.2) is 24.1 Å². The molecule has 0 N–H and O–H groups in total. The smallest absolute Gasteiger partial charge is 0.238 e. The first-order valence-corrected chi connectivity index (χ1v) is 11.8. The number of para-hydroxylation sites is 1. The number of carbonyl (C=O) groups is 2. The molecule has 3 unspecified atom stereocenters. The van der Waals surface area contributed by atoms with E-state index in [4.69, 9.17) is 0 Å². The summed E-state index contributed by atoms with van der Waals surface area (Å²) in [5.74, 6) is -1.42. The highest BCUT2D eigenvalue weighted by Crippen LogP contribution is 2.58. The molecule has 2 aromatic rings. The summed E-state index contributed by atoms with van der Waals surface area (Å²) in [5.41, 5.74) is 2.21. The van der Waals surface area contributed by atoms with Gasteiger partial charge < -0.3 is 4.57 Å². The summed E-state index contributed by atoms with van der Waals surface area (Å²) < 4.78 is 14.0. The third-order valence-electron chi connectivity index (χ3n) is 6.27. The van der Waals surface area contributed by atoms with E-state index in [0.29, 0.717) is 12.1 Å². The van der Waals surface area contributed by atoms with Crippen LogP contribution in [0.25, 0.3) is 0 Å². The molecule has 0 saturated carbocycles. The summed E-state index contributed by atoms with van der Waals surface area (Å²) >= 11 is 0. The standard InChI is InChI=1S/C23H24NO3P/c1-15-14-19-20(23(26)24(22(19)25)17-10-6-4-7-11-17)21(16(15)2)28(3,27)18-12-8-5-9-13-18/h4-13,19-21H,14H2,1-3H3/t19?,20?,21-,28?/m0/s1.